The van der Waals surface area contributed by atoms with Crippen molar-refractivity contribution in [1.29, 1.82) is 0 Å². The van der Waals surface area contributed by atoms with Crippen LogP contribution in [-0.2, 0) is 14.1 Å². The van der Waals surface area contributed by atoms with Gasteiger partial charge in [-0.25, -0.2) is 4.98 Å². The maximum Gasteiger partial charge on any atom is 0.0943 e. The van der Waals surface area contributed by atoms with Crippen molar-refractivity contribution in [2.45, 2.75) is 111 Å². The molecule has 0 fully saturated rings. The van der Waals surface area contributed by atoms with Crippen molar-refractivity contribution >= 4 is 11.3 Å². The molecule has 0 aliphatic heterocycles. The molecular weight excluding hydrogens is 486 g/mol. The van der Waals surface area contributed by atoms with E-state index >= 15 is 0 Å². The van der Waals surface area contributed by atoms with Crippen molar-refractivity contribution in [3.8, 4) is 0 Å². The summed E-state index contributed by atoms with van der Waals surface area (Å²) in [6, 6.07) is 11.7. The molecule has 0 aliphatic carbocycles. The normalized spacial score (nSPS) is 6.16. The summed E-state index contributed by atoms with van der Waals surface area (Å²) in [5, 5.41) is 4.08. The van der Waals surface area contributed by atoms with Gasteiger partial charge in [-0.1, -0.05) is 123 Å². The van der Waals surface area contributed by atoms with Crippen molar-refractivity contribution in [2.75, 3.05) is 0 Å². The quantitative estimate of drug-likeness (QED) is 0.216. The zero-order valence-corrected chi connectivity index (χ0v) is 29.6. The fourth-order valence-electron chi connectivity index (χ4n) is 1.20. The van der Waals surface area contributed by atoms with E-state index in [1.165, 1.54) is 0 Å². The lowest BCUT2D eigenvalue weighted by Gasteiger charge is -1.79. The van der Waals surface area contributed by atoms with E-state index in [9.17, 15) is 0 Å². The fraction of sp³-hybridized carbons (Fsp3) is 0.545. The summed E-state index contributed by atoms with van der Waals surface area (Å²) in [5.74, 6) is 0. The molecule has 0 atom stereocenters. The van der Waals surface area contributed by atoms with E-state index in [1.54, 1.807) is 36.4 Å². The van der Waals surface area contributed by atoms with Crippen molar-refractivity contribution in [3.63, 3.8) is 0 Å². The zero-order valence-electron chi connectivity index (χ0n) is 28.8. The van der Waals surface area contributed by atoms with Crippen LogP contribution in [0.25, 0.3) is 0 Å². The molecule has 0 aromatic carbocycles. The minimum Gasteiger partial charge on any atom is -0.473 e. The van der Waals surface area contributed by atoms with Crippen LogP contribution in [-0.4, -0.2) is 14.1 Å². The van der Waals surface area contributed by atoms with Crippen LogP contribution in [0.5, 0.6) is 0 Å². The van der Waals surface area contributed by atoms with Gasteiger partial charge in [0.05, 0.1) is 18.9 Å². The maximum absolute atomic E-state index is 4.58. The third-order valence-corrected chi connectivity index (χ3v) is 2.87. The molecular formula is C33H69N3OS. The number of hydrogen-bond acceptors (Lipinski definition) is 3. The second-order valence-corrected chi connectivity index (χ2v) is 4.98. The predicted molar refractivity (Wildman–Crippen MR) is 182 cm³/mol. The highest BCUT2D eigenvalue weighted by Gasteiger charge is 1.69. The summed E-state index contributed by atoms with van der Waals surface area (Å²) in [5.41, 5.74) is 0. The SMILES string of the molecule is CC.CC.CC.CC.CC.CC.CC.CC.Cn1cccc1.Cn1ccnc1.c1ccoc1.c1ccsc1. The van der Waals surface area contributed by atoms with E-state index < -0.39 is 0 Å². The third kappa shape index (κ3) is 76.6. The number of furan rings is 1. The van der Waals surface area contributed by atoms with E-state index in [1.807, 2.05) is 200 Å². The van der Waals surface area contributed by atoms with Crippen LogP contribution < -0.4 is 0 Å². The van der Waals surface area contributed by atoms with Crippen LogP contribution in [0.4, 0.5) is 0 Å². The Bertz CT molecular complexity index is 523. The Morgan fingerprint density at radius 1 is 0.474 bits per heavy atom. The molecule has 0 bridgehead atoms. The Labute approximate surface area is 245 Å². The second kappa shape index (κ2) is 83.8. The molecule has 4 nitrogen and oxygen atoms in total. The molecule has 228 valence electrons. The molecule has 0 unspecified atom stereocenters. The molecule has 5 heteroatoms. The number of hydrogen-bond donors (Lipinski definition) is 0. The monoisotopic (exact) mass is 556 g/mol. The first-order valence-corrected chi connectivity index (χ1v) is 15.7. The van der Waals surface area contributed by atoms with Gasteiger partial charge in [-0.15, -0.1) is 0 Å². The molecule has 0 aliphatic rings. The van der Waals surface area contributed by atoms with Gasteiger partial charge in [0.15, 0.2) is 0 Å². The van der Waals surface area contributed by atoms with Crippen LogP contribution in [0, 0.1) is 0 Å². The van der Waals surface area contributed by atoms with Crippen molar-refractivity contribution < 1.29 is 4.42 Å². The van der Waals surface area contributed by atoms with Crippen LogP contribution in [0.3, 0.4) is 0 Å². The molecule has 4 aromatic heterocycles. The standard InChI is InChI=1S/C5H7N.C4H6N2.C4H4O.C4H4S.8C2H6/c1-6-4-2-3-5-6;1-6-3-2-5-4-6;2*1-2-4-5-3-1;8*1-2/h2-5H,1H3;2-4H,1H3;2*1-4H;8*1-2H3. The van der Waals surface area contributed by atoms with E-state index in [0.717, 1.165) is 0 Å². The van der Waals surface area contributed by atoms with Gasteiger partial charge in [0, 0.05) is 38.9 Å². The van der Waals surface area contributed by atoms with Gasteiger partial charge in [-0.05, 0) is 35.0 Å². The second-order valence-electron chi connectivity index (χ2n) is 4.16. The molecule has 4 heterocycles. The van der Waals surface area contributed by atoms with Gasteiger partial charge >= 0.3 is 0 Å². The van der Waals surface area contributed by atoms with Crippen molar-refractivity contribution in [2.24, 2.45) is 14.1 Å². The van der Waals surface area contributed by atoms with Gasteiger partial charge in [-0.2, -0.15) is 11.3 Å². The van der Waals surface area contributed by atoms with Crippen LogP contribution in [0.15, 0.2) is 95.2 Å². The lowest BCUT2D eigenvalue weighted by Crippen LogP contribution is -1.76. The maximum atomic E-state index is 4.58. The molecule has 4 rings (SSSR count). The van der Waals surface area contributed by atoms with Crippen LogP contribution in [0.1, 0.15) is 111 Å². The van der Waals surface area contributed by atoms with E-state index in [0.29, 0.717) is 0 Å². The van der Waals surface area contributed by atoms with Gasteiger partial charge < -0.3 is 13.6 Å². The first kappa shape index (κ1) is 55.9. The molecule has 0 saturated heterocycles. The Hall–Kier alpha value is -2.53. The fourth-order valence-corrected chi connectivity index (χ4v) is 1.65. The van der Waals surface area contributed by atoms with Crippen molar-refractivity contribution in [1.82, 2.24) is 14.1 Å². The van der Waals surface area contributed by atoms with Crippen LogP contribution >= 0.6 is 11.3 Å². The topological polar surface area (TPSA) is 35.9 Å². The molecule has 0 radical (unpaired) electrons. The summed E-state index contributed by atoms with van der Waals surface area (Å²) in [4.78, 5) is 3.78. The highest BCUT2D eigenvalue weighted by molar-refractivity contribution is 7.07. The summed E-state index contributed by atoms with van der Waals surface area (Å²) < 4.78 is 8.47. The smallest absolute Gasteiger partial charge is 0.0943 e. The molecule has 38 heavy (non-hydrogen) atoms. The Morgan fingerprint density at radius 2 is 0.842 bits per heavy atom. The summed E-state index contributed by atoms with van der Waals surface area (Å²) in [6.07, 6.45) is 12.6. The number of imidazole rings is 1. The molecule has 0 saturated carbocycles. The summed E-state index contributed by atoms with van der Waals surface area (Å²) in [7, 11) is 3.94. The Balaban J connectivity index is -0.0000000450. The van der Waals surface area contributed by atoms with Crippen molar-refractivity contribution in [3.05, 3.63) is 90.8 Å². The lowest BCUT2D eigenvalue weighted by atomic mass is 10.7. The number of rotatable bonds is 0. The summed E-state index contributed by atoms with van der Waals surface area (Å²) in [6.45, 7) is 32.0. The van der Waals surface area contributed by atoms with E-state index in [4.69, 9.17) is 0 Å². The van der Waals surface area contributed by atoms with Crippen LogP contribution in [0.2, 0.25) is 0 Å². The molecule has 0 amide bonds. The summed E-state index contributed by atoms with van der Waals surface area (Å²) >= 11 is 1.71. The zero-order chi connectivity index (χ0) is 31.9. The first-order valence-electron chi connectivity index (χ1n) is 14.7. The first-order chi connectivity index (χ1) is 18.8. The number of aromatic nitrogens is 3. The van der Waals surface area contributed by atoms with Gasteiger partial charge in [-0.3, -0.25) is 0 Å². The van der Waals surface area contributed by atoms with Gasteiger partial charge in [0.2, 0.25) is 0 Å². The van der Waals surface area contributed by atoms with E-state index in [2.05, 4.69) is 9.40 Å². The Kier molecular flexibility index (Phi) is 123. The Morgan fingerprint density at radius 3 is 0.947 bits per heavy atom. The minimum absolute atomic E-state index is 1.62. The third-order valence-electron chi connectivity index (χ3n) is 2.24. The predicted octanol–water partition coefficient (Wildman–Crippen LogP) is 12.7. The molecule has 0 spiro atoms. The molecule has 4 aromatic rings. The van der Waals surface area contributed by atoms with Gasteiger partial charge in [0.1, 0.15) is 0 Å². The average molecular weight is 556 g/mol. The molecule has 0 N–H and O–H groups in total. The highest BCUT2D eigenvalue weighted by Crippen LogP contribution is 1.91. The lowest BCUT2D eigenvalue weighted by molar-refractivity contribution is 0.567. The van der Waals surface area contributed by atoms with Gasteiger partial charge in [0.25, 0.3) is 0 Å². The number of aryl methyl sites for hydroxylation is 2. The number of thiophene rings is 1. The van der Waals surface area contributed by atoms with E-state index in [-0.39, 0.29) is 0 Å². The minimum atomic E-state index is 1.62. The largest absolute Gasteiger partial charge is 0.473 e. The number of nitrogens with zero attached hydrogens (tertiary/aromatic N) is 3. The highest BCUT2D eigenvalue weighted by atomic mass is 32.1. The average Bonchev–Trinajstić information content (AvgIpc) is 3.89.